The van der Waals surface area contributed by atoms with Crippen molar-refractivity contribution in [1.29, 1.82) is 0 Å². The van der Waals surface area contributed by atoms with Gasteiger partial charge >= 0.3 is 0 Å². The molecule has 0 bridgehead atoms. The molecule has 0 atom stereocenters. The van der Waals surface area contributed by atoms with Gasteiger partial charge in [0, 0.05) is 5.02 Å². The second-order valence-corrected chi connectivity index (χ2v) is 7.86. The number of amides is 2. The lowest BCUT2D eigenvalue weighted by molar-refractivity contribution is -0.122. The number of halogens is 3. The average Bonchev–Trinajstić information content (AvgIpc) is 2.76. The predicted molar refractivity (Wildman–Crippen MR) is 126 cm³/mol. The number of rotatable bonds is 4. The van der Waals surface area contributed by atoms with E-state index in [2.05, 4.69) is 5.32 Å². The summed E-state index contributed by atoms with van der Waals surface area (Å²) in [6.07, 6.45) is 1.20. The van der Waals surface area contributed by atoms with Crippen LogP contribution in [0.25, 0.3) is 6.08 Å². The molecular weight excluding hydrogens is 474 g/mol. The molecular formula is C23H13Cl2FN2O3S. The number of nitrogens with zero attached hydrogens (tertiary/aromatic N) is 1. The number of ether oxygens (including phenoxy) is 1. The number of hydrogen-bond donors (Lipinski definition) is 1. The molecule has 1 saturated heterocycles. The van der Waals surface area contributed by atoms with E-state index in [0.29, 0.717) is 17.2 Å². The van der Waals surface area contributed by atoms with Gasteiger partial charge in [-0.05, 0) is 72.4 Å². The van der Waals surface area contributed by atoms with E-state index < -0.39 is 17.6 Å². The zero-order valence-corrected chi connectivity index (χ0v) is 18.5. The number of carbonyl (C=O) groups excluding carboxylic acids is 2. The SMILES string of the molecule is O=C1NC(=S)N(c2ccc(Oc3ccccc3)cc2)C(=O)C1=Cc1cc(F)c(Cl)cc1Cl. The predicted octanol–water partition coefficient (Wildman–Crippen LogP) is 5.76. The van der Waals surface area contributed by atoms with Crippen molar-refractivity contribution in [2.75, 3.05) is 4.90 Å². The summed E-state index contributed by atoms with van der Waals surface area (Å²) in [5.41, 5.74) is 0.290. The molecule has 0 saturated carbocycles. The lowest BCUT2D eigenvalue weighted by Crippen LogP contribution is -2.54. The molecule has 9 heteroatoms. The van der Waals surface area contributed by atoms with E-state index in [4.69, 9.17) is 40.2 Å². The molecule has 1 aliphatic heterocycles. The van der Waals surface area contributed by atoms with Gasteiger partial charge in [0.15, 0.2) is 5.11 Å². The highest BCUT2D eigenvalue weighted by Crippen LogP contribution is 2.29. The molecule has 0 aliphatic carbocycles. The molecule has 1 heterocycles. The summed E-state index contributed by atoms with van der Waals surface area (Å²) in [5.74, 6) is -0.908. The van der Waals surface area contributed by atoms with Gasteiger partial charge in [-0.3, -0.25) is 19.8 Å². The maximum Gasteiger partial charge on any atom is 0.270 e. The summed E-state index contributed by atoms with van der Waals surface area (Å²) in [7, 11) is 0. The highest BCUT2D eigenvalue weighted by Gasteiger charge is 2.34. The van der Waals surface area contributed by atoms with Crippen LogP contribution in [-0.2, 0) is 9.59 Å². The van der Waals surface area contributed by atoms with Gasteiger partial charge in [-0.1, -0.05) is 41.4 Å². The van der Waals surface area contributed by atoms with Gasteiger partial charge in [0.1, 0.15) is 22.9 Å². The molecule has 3 aromatic rings. The van der Waals surface area contributed by atoms with E-state index in [1.807, 2.05) is 30.3 Å². The molecule has 1 aliphatic rings. The van der Waals surface area contributed by atoms with Crippen LogP contribution in [0.3, 0.4) is 0 Å². The molecule has 1 N–H and O–H groups in total. The van der Waals surface area contributed by atoms with Crippen LogP contribution in [0, 0.1) is 5.82 Å². The van der Waals surface area contributed by atoms with Crippen molar-refractivity contribution in [2.45, 2.75) is 0 Å². The van der Waals surface area contributed by atoms with E-state index in [-0.39, 0.29) is 26.3 Å². The smallest absolute Gasteiger partial charge is 0.270 e. The Morgan fingerprint density at radius 1 is 0.938 bits per heavy atom. The normalized spacial score (nSPS) is 15.2. The topological polar surface area (TPSA) is 58.6 Å². The zero-order chi connectivity index (χ0) is 22.8. The minimum absolute atomic E-state index is 0.0812. The van der Waals surface area contributed by atoms with E-state index in [1.165, 1.54) is 12.1 Å². The fourth-order valence-electron chi connectivity index (χ4n) is 2.98. The Morgan fingerprint density at radius 2 is 1.59 bits per heavy atom. The second-order valence-electron chi connectivity index (χ2n) is 6.65. The number of carbonyl (C=O) groups is 2. The summed E-state index contributed by atoms with van der Waals surface area (Å²) < 4.78 is 19.6. The van der Waals surface area contributed by atoms with Gasteiger partial charge in [-0.2, -0.15) is 0 Å². The number of nitrogens with one attached hydrogen (secondary N) is 1. The van der Waals surface area contributed by atoms with Crippen LogP contribution < -0.4 is 15.0 Å². The largest absolute Gasteiger partial charge is 0.457 e. The fourth-order valence-corrected chi connectivity index (χ4v) is 3.70. The molecule has 32 heavy (non-hydrogen) atoms. The number of anilines is 1. The van der Waals surface area contributed by atoms with Crippen molar-refractivity contribution in [3.8, 4) is 11.5 Å². The maximum absolute atomic E-state index is 13.9. The van der Waals surface area contributed by atoms with Gasteiger partial charge in [-0.25, -0.2) is 4.39 Å². The van der Waals surface area contributed by atoms with Crippen LogP contribution in [-0.4, -0.2) is 16.9 Å². The van der Waals surface area contributed by atoms with Crippen LogP contribution in [0.2, 0.25) is 10.0 Å². The Morgan fingerprint density at radius 3 is 2.28 bits per heavy atom. The van der Waals surface area contributed by atoms with Crippen molar-refractivity contribution in [2.24, 2.45) is 0 Å². The molecule has 160 valence electrons. The van der Waals surface area contributed by atoms with Crippen molar-refractivity contribution >= 4 is 64.1 Å². The second kappa shape index (κ2) is 9.08. The van der Waals surface area contributed by atoms with E-state index in [0.717, 1.165) is 11.0 Å². The molecule has 0 aromatic heterocycles. The standard InChI is InChI=1S/C23H13Cl2FN2O3S/c24-18-12-19(25)20(26)11-13(18)10-17-21(29)27-23(32)28(22(17)30)14-6-8-16(9-7-14)31-15-4-2-1-3-5-15/h1-12H,(H,27,29,32). The first-order chi connectivity index (χ1) is 15.3. The molecule has 2 amide bonds. The first kappa shape index (κ1) is 22.0. The third-order valence-corrected chi connectivity index (χ3v) is 5.42. The highest BCUT2D eigenvalue weighted by molar-refractivity contribution is 7.80. The Bertz CT molecular complexity index is 1260. The Balaban J connectivity index is 1.63. The number of hydrogen-bond acceptors (Lipinski definition) is 4. The van der Waals surface area contributed by atoms with Gasteiger partial charge in [0.2, 0.25) is 0 Å². The summed E-state index contributed by atoms with van der Waals surface area (Å²) in [6.45, 7) is 0. The molecule has 0 spiro atoms. The monoisotopic (exact) mass is 486 g/mol. The minimum Gasteiger partial charge on any atom is -0.457 e. The van der Waals surface area contributed by atoms with Crippen molar-refractivity contribution in [3.63, 3.8) is 0 Å². The van der Waals surface area contributed by atoms with Crippen molar-refractivity contribution < 1.29 is 18.7 Å². The third kappa shape index (κ3) is 4.50. The lowest BCUT2D eigenvalue weighted by atomic mass is 10.1. The van der Waals surface area contributed by atoms with E-state index >= 15 is 0 Å². The molecule has 3 aromatic carbocycles. The number of para-hydroxylation sites is 1. The van der Waals surface area contributed by atoms with Crippen LogP contribution in [0.5, 0.6) is 11.5 Å². The van der Waals surface area contributed by atoms with Gasteiger partial charge in [-0.15, -0.1) is 0 Å². The number of thiocarbonyl (C=S) groups is 1. The molecule has 5 nitrogen and oxygen atoms in total. The Hall–Kier alpha value is -3.26. The summed E-state index contributed by atoms with van der Waals surface area (Å²) >= 11 is 17.0. The lowest BCUT2D eigenvalue weighted by Gasteiger charge is -2.29. The molecule has 1 fully saturated rings. The Labute approximate surface area is 198 Å². The number of benzene rings is 3. The summed E-state index contributed by atoms with van der Waals surface area (Å²) in [6, 6.07) is 18.1. The van der Waals surface area contributed by atoms with Crippen molar-refractivity contribution in [3.05, 3.63) is 93.7 Å². The van der Waals surface area contributed by atoms with Crippen LogP contribution in [0.4, 0.5) is 10.1 Å². The fraction of sp³-hybridized carbons (Fsp3) is 0. The van der Waals surface area contributed by atoms with E-state index in [9.17, 15) is 14.0 Å². The first-order valence-electron chi connectivity index (χ1n) is 9.22. The van der Waals surface area contributed by atoms with Crippen LogP contribution >= 0.6 is 35.4 Å². The zero-order valence-electron chi connectivity index (χ0n) is 16.1. The van der Waals surface area contributed by atoms with Crippen LogP contribution in [0.1, 0.15) is 5.56 Å². The molecule has 0 unspecified atom stereocenters. The van der Waals surface area contributed by atoms with Gasteiger partial charge in [0.05, 0.1) is 10.7 Å². The summed E-state index contributed by atoms with van der Waals surface area (Å²) in [5, 5.41) is 2.30. The third-order valence-electron chi connectivity index (χ3n) is 4.51. The van der Waals surface area contributed by atoms with Crippen molar-refractivity contribution in [1.82, 2.24) is 5.32 Å². The summed E-state index contributed by atoms with van der Waals surface area (Å²) in [4.78, 5) is 26.7. The van der Waals surface area contributed by atoms with Crippen LogP contribution in [0.15, 0.2) is 72.3 Å². The average molecular weight is 487 g/mol. The molecule has 0 radical (unpaired) electrons. The molecule has 4 rings (SSSR count). The first-order valence-corrected chi connectivity index (χ1v) is 10.4. The van der Waals surface area contributed by atoms with E-state index in [1.54, 1.807) is 24.3 Å². The minimum atomic E-state index is -0.729. The van der Waals surface area contributed by atoms with Gasteiger partial charge < -0.3 is 4.74 Å². The van der Waals surface area contributed by atoms with Gasteiger partial charge in [0.25, 0.3) is 11.8 Å². The highest BCUT2D eigenvalue weighted by atomic mass is 35.5. The maximum atomic E-state index is 13.9. The Kier molecular flexibility index (Phi) is 6.23. The quantitative estimate of drug-likeness (QED) is 0.220.